The van der Waals surface area contributed by atoms with Crippen molar-refractivity contribution in [2.45, 2.75) is 45.2 Å². The quantitative estimate of drug-likeness (QED) is 0.641. The summed E-state index contributed by atoms with van der Waals surface area (Å²) in [5, 5.41) is 0. The van der Waals surface area contributed by atoms with Crippen LogP contribution in [0.4, 0.5) is 5.69 Å². The van der Waals surface area contributed by atoms with Crippen LogP contribution >= 0.6 is 0 Å². The summed E-state index contributed by atoms with van der Waals surface area (Å²) in [6, 6.07) is 16.2. The Morgan fingerprint density at radius 3 is 2.62 bits per heavy atom. The van der Waals surface area contributed by atoms with Crippen LogP contribution in [0.15, 0.2) is 48.5 Å². The van der Waals surface area contributed by atoms with Gasteiger partial charge in [-0.2, -0.15) is 0 Å². The lowest BCUT2D eigenvalue weighted by Crippen LogP contribution is -2.50. The van der Waals surface area contributed by atoms with E-state index in [2.05, 4.69) is 36.1 Å². The maximum Gasteiger partial charge on any atom is 0.254 e. The number of likely N-dealkylation sites (tertiary alicyclic amines) is 1. The lowest BCUT2D eigenvalue weighted by Gasteiger charge is -2.39. The number of hydrogen-bond donors (Lipinski definition) is 0. The molecule has 1 atom stereocenters. The second kappa shape index (κ2) is 9.63. The highest BCUT2D eigenvalue weighted by atomic mass is 32.2. The fraction of sp³-hybridized carbons (Fsp3) is 0.480. The standard InChI is InChI=1S/C25H33N3O3S/c1-3-14-27(23-10-7-15-26(19-23)18-20-8-5-4-6-9-20)25(29)22-11-12-24-21(17-22)13-16-28(24)32(2,30)31/h4-6,8-9,11-12,17,23H,3,7,10,13-16,18-19H2,1-2H3/t23-/m1/s1. The first-order chi connectivity index (χ1) is 15.4. The maximum absolute atomic E-state index is 13.6. The zero-order chi connectivity index (χ0) is 22.7. The molecule has 7 heteroatoms. The van der Waals surface area contributed by atoms with Gasteiger partial charge in [0.05, 0.1) is 11.9 Å². The van der Waals surface area contributed by atoms with Gasteiger partial charge in [-0.15, -0.1) is 0 Å². The van der Waals surface area contributed by atoms with E-state index in [1.165, 1.54) is 16.1 Å². The second-order valence-corrected chi connectivity index (χ2v) is 10.9. The summed E-state index contributed by atoms with van der Waals surface area (Å²) < 4.78 is 25.5. The third-order valence-electron chi connectivity index (χ3n) is 6.48. The molecule has 2 aliphatic rings. The lowest BCUT2D eigenvalue weighted by atomic mass is 10.0. The summed E-state index contributed by atoms with van der Waals surface area (Å²) in [5.74, 6) is 0.0546. The predicted octanol–water partition coefficient (Wildman–Crippen LogP) is 3.53. The molecule has 2 heterocycles. The van der Waals surface area contributed by atoms with Gasteiger partial charge in [0.2, 0.25) is 10.0 Å². The monoisotopic (exact) mass is 455 g/mol. The number of hydrogen-bond acceptors (Lipinski definition) is 4. The van der Waals surface area contributed by atoms with Crippen LogP contribution in [-0.4, -0.2) is 62.6 Å². The molecule has 0 spiro atoms. The number of fused-ring (bicyclic) bond motifs is 1. The molecule has 0 aromatic heterocycles. The van der Waals surface area contributed by atoms with Crippen LogP contribution in [0.5, 0.6) is 0 Å². The summed E-state index contributed by atoms with van der Waals surface area (Å²) in [5.41, 5.74) is 3.60. The largest absolute Gasteiger partial charge is 0.334 e. The number of nitrogens with zero attached hydrogens (tertiary/aromatic N) is 3. The van der Waals surface area contributed by atoms with Crippen LogP contribution in [0.2, 0.25) is 0 Å². The summed E-state index contributed by atoms with van der Waals surface area (Å²) in [7, 11) is -3.29. The number of anilines is 1. The van der Waals surface area contributed by atoms with Gasteiger partial charge in [0.15, 0.2) is 0 Å². The van der Waals surface area contributed by atoms with Gasteiger partial charge in [0, 0.05) is 37.8 Å². The minimum Gasteiger partial charge on any atom is -0.334 e. The number of sulfonamides is 1. The minimum atomic E-state index is -3.29. The Balaban J connectivity index is 1.50. The Morgan fingerprint density at radius 2 is 1.91 bits per heavy atom. The van der Waals surface area contributed by atoms with Crippen molar-refractivity contribution < 1.29 is 13.2 Å². The second-order valence-electron chi connectivity index (χ2n) is 8.94. The van der Waals surface area contributed by atoms with Crippen molar-refractivity contribution in [3.8, 4) is 0 Å². The molecule has 1 fully saturated rings. The first-order valence-electron chi connectivity index (χ1n) is 11.5. The van der Waals surface area contributed by atoms with E-state index in [4.69, 9.17) is 0 Å². The van der Waals surface area contributed by atoms with E-state index in [1.54, 1.807) is 12.1 Å². The highest BCUT2D eigenvalue weighted by Gasteiger charge is 2.31. The van der Waals surface area contributed by atoms with Crippen molar-refractivity contribution in [1.29, 1.82) is 0 Å². The number of carbonyl (C=O) groups excluding carboxylic acids is 1. The van der Waals surface area contributed by atoms with Gasteiger partial charge in [-0.3, -0.25) is 14.0 Å². The fourth-order valence-corrected chi connectivity index (χ4v) is 5.93. The molecule has 6 nitrogen and oxygen atoms in total. The van der Waals surface area contributed by atoms with Gasteiger partial charge in [-0.1, -0.05) is 37.3 Å². The van der Waals surface area contributed by atoms with E-state index in [9.17, 15) is 13.2 Å². The Bertz CT molecular complexity index is 1060. The summed E-state index contributed by atoms with van der Waals surface area (Å²) >= 11 is 0. The lowest BCUT2D eigenvalue weighted by molar-refractivity contribution is 0.0534. The Kier molecular flexibility index (Phi) is 6.86. The zero-order valence-corrected chi connectivity index (χ0v) is 19.9. The van der Waals surface area contributed by atoms with Gasteiger partial charge in [0.1, 0.15) is 0 Å². The third-order valence-corrected chi connectivity index (χ3v) is 7.66. The molecule has 2 aromatic rings. The Hall–Kier alpha value is -2.38. The topological polar surface area (TPSA) is 60.9 Å². The molecule has 0 N–H and O–H groups in total. The molecule has 0 bridgehead atoms. The number of rotatable bonds is 7. The van der Waals surface area contributed by atoms with Crippen molar-refractivity contribution in [3.05, 3.63) is 65.2 Å². The molecule has 2 aromatic carbocycles. The summed E-state index contributed by atoms with van der Waals surface area (Å²) in [6.45, 7) is 6.13. The normalized spacial score (nSPS) is 19.1. The number of piperidine rings is 1. The van der Waals surface area contributed by atoms with Crippen LogP contribution in [0.25, 0.3) is 0 Å². The van der Waals surface area contributed by atoms with Crippen LogP contribution in [0, 0.1) is 0 Å². The molecule has 4 rings (SSSR count). The number of benzene rings is 2. The molecule has 0 unspecified atom stereocenters. The van der Waals surface area contributed by atoms with Gasteiger partial charge in [-0.25, -0.2) is 8.42 Å². The third kappa shape index (κ3) is 4.99. The van der Waals surface area contributed by atoms with E-state index in [0.717, 1.165) is 51.0 Å². The van der Waals surface area contributed by atoms with Crippen LogP contribution < -0.4 is 4.31 Å². The van der Waals surface area contributed by atoms with Crippen LogP contribution in [-0.2, 0) is 23.0 Å². The molecule has 1 saturated heterocycles. The molecular weight excluding hydrogens is 422 g/mol. The van der Waals surface area contributed by atoms with E-state index >= 15 is 0 Å². The first kappa shape index (κ1) is 22.8. The average Bonchev–Trinajstić information content (AvgIpc) is 3.22. The fourth-order valence-electron chi connectivity index (χ4n) is 4.98. The van der Waals surface area contributed by atoms with Crippen molar-refractivity contribution in [3.63, 3.8) is 0 Å². The van der Waals surface area contributed by atoms with Crippen LogP contribution in [0.3, 0.4) is 0 Å². The van der Waals surface area contributed by atoms with E-state index in [0.29, 0.717) is 24.2 Å². The average molecular weight is 456 g/mol. The highest BCUT2D eigenvalue weighted by Crippen LogP contribution is 2.31. The van der Waals surface area contributed by atoms with Crippen LogP contribution in [0.1, 0.15) is 47.7 Å². The SMILES string of the molecule is CCCN(C(=O)c1ccc2c(c1)CCN2S(C)(=O)=O)[C@@H]1CCCN(Cc2ccccc2)C1. The van der Waals surface area contributed by atoms with Gasteiger partial charge in [0.25, 0.3) is 5.91 Å². The molecule has 0 aliphatic carbocycles. The molecule has 0 saturated carbocycles. The number of amides is 1. The van der Waals surface area contributed by atoms with E-state index in [-0.39, 0.29) is 11.9 Å². The van der Waals surface area contributed by atoms with Crippen molar-refractivity contribution in [2.24, 2.45) is 0 Å². The Morgan fingerprint density at radius 1 is 1.12 bits per heavy atom. The zero-order valence-electron chi connectivity index (χ0n) is 19.0. The van der Waals surface area contributed by atoms with Crippen molar-refractivity contribution in [2.75, 3.05) is 36.7 Å². The summed E-state index contributed by atoms with van der Waals surface area (Å²) in [6.07, 6.45) is 4.88. The van der Waals surface area contributed by atoms with Gasteiger partial charge in [-0.05, 0) is 61.6 Å². The summed E-state index contributed by atoms with van der Waals surface area (Å²) in [4.78, 5) is 18.0. The van der Waals surface area contributed by atoms with Crippen molar-refractivity contribution in [1.82, 2.24) is 9.80 Å². The number of carbonyl (C=O) groups is 1. The Labute approximate surface area is 191 Å². The minimum absolute atomic E-state index is 0.0546. The van der Waals surface area contributed by atoms with Crippen molar-refractivity contribution >= 4 is 21.6 Å². The van der Waals surface area contributed by atoms with Gasteiger partial charge < -0.3 is 4.90 Å². The molecule has 1 amide bonds. The molecule has 172 valence electrons. The molecule has 0 radical (unpaired) electrons. The molecule has 32 heavy (non-hydrogen) atoms. The van der Waals surface area contributed by atoms with E-state index < -0.39 is 10.0 Å². The van der Waals surface area contributed by atoms with Gasteiger partial charge >= 0.3 is 0 Å². The molecular formula is C25H33N3O3S. The van der Waals surface area contributed by atoms with E-state index in [1.807, 2.05) is 17.0 Å². The predicted molar refractivity (Wildman–Crippen MR) is 128 cm³/mol. The maximum atomic E-state index is 13.6. The molecule has 2 aliphatic heterocycles. The highest BCUT2D eigenvalue weighted by molar-refractivity contribution is 7.92. The smallest absolute Gasteiger partial charge is 0.254 e. The first-order valence-corrected chi connectivity index (χ1v) is 13.4.